The number of amides is 1. The number of carbonyl (C=O) groups excluding carboxylic acids is 1. The highest BCUT2D eigenvalue weighted by molar-refractivity contribution is 7.80. The average Bonchev–Trinajstić information content (AvgIpc) is 2.47. The second-order valence-corrected chi connectivity index (χ2v) is 5.78. The van der Waals surface area contributed by atoms with Crippen molar-refractivity contribution < 1.29 is 9.53 Å². The van der Waals surface area contributed by atoms with Crippen molar-refractivity contribution in [3.8, 4) is 5.88 Å². The van der Waals surface area contributed by atoms with Gasteiger partial charge in [-0.1, -0.05) is 31.5 Å². The van der Waals surface area contributed by atoms with Gasteiger partial charge in [-0.2, -0.15) is 4.98 Å². The summed E-state index contributed by atoms with van der Waals surface area (Å²) in [6.07, 6.45) is 4.35. The number of aryl methyl sites for hydroxylation is 1. The Bertz CT molecular complexity index is 556. The van der Waals surface area contributed by atoms with E-state index >= 15 is 0 Å². The molecule has 1 aliphatic carbocycles. The number of nitrogens with zero attached hydrogens (tertiary/aromatic N) is 2. The molecular weight excluding hydrogens is 288 g/mol. The number of thiocarbonyl (C=S) groups is 1. The predicted molar refractivity (Wildman–Crippen MR) is 84.3 cm³/mol. The van der Waals surface area contributed by atoms with Crippen molar-refractivity contribution in [3.05, 3.63) is 11.8 Å². The maximum absolute atomic E-state index is 12.6. The van der Waals surface area contributed by atoms with E-state index in [4.69, 9.17) is 22.7 Å². The maximum Gasteiger partial charge on any atom is 0.239 e. The lowest BCUT2D eigenvalue weighted by Gasteiger charge is -2.34. The van der Waals surface area contributed by atoms with Crippen LogP contribution in [0.15, 0.2) is 6.07 Å². The fraction of sp³-hybridized carbons (Fsp3) is 0.571. The van der Waals surface area contributed by atoms with Crippen LogP contribution < -0.4 is 15.8 Å². The van der Waals surface area contributed by atoms with Crippen molar-refractivity contribution in [2.45, 2.75) is 39.0 Å². The number of hydrogen-bond acceptors (Lipinski definition) is 5. The Morgan fingerprint density at radius 1 is 1.38 bits per heavy atom. The highest BCUT2D eigenvalue weighted by atomic mass is 32.1. The van der Waals surface area contributed by atoms with E-state index in [1.54, 1.807) is 6.07 Å². The van der Waals surface area contributed by atoms with E-state index in [0.29, 0.717) is 24.4 Å². The summed E-state index contributed by atoms with van der Waals surface area (Å²) in [6.45, 7) is 1.81. The maximum atomic E-state index is 12.6. The molecule has 1 aliphatic rings. The highest BCUT2D eigenvalue weighted by Crippen LogP contribution is 2.37. The molecule has 2 rings (SSSR count). The number of rotatable bonds is 4. The van der Waals surface area contributed by atoms with Gasteiger partial charge in [0.1, 0.15) is 0 Å². The van der Waals surface area contributed by atoms with E-state index in [2.05, 4.69) is 15.3 Å². The van der Waals surface area contributed by atoms with Gasteiger partial charge < -0.3 is 10.5 Å². The first kappa shape index (κ1) is 15.6. The first-order valence-corrected chi connectivity index (χ1v) is 7.40. The monoisotopic (exact) mass is 308 g/mol. The Kier molecular flexibility index (Phi) is 4.72. The first-order valence-electron chi connectivity index (χ1n) is 6.99. The Morgan fingerprint density at radius 2 is 2.05 bits per heavy atom. The van der Waals surface area contributed by atoms with Gasteiger partial charge in [-0.15, -0.1) is 0 Å². The molecule has 6 nitrogen and oxygen atoms in total. The zero-order valence-electron chi connectivity index (χ0n) is 12.3. The van der Waals surface area contributed by atoms with E-state index in [1.807, 2.05) is 6.92 Å². The summed E-state index contributed by atoms with van der Waals surface area (Å²) in [5, 5.41) is 2.74. The van der Waals surface area contributed by atoms with Crippen molar-refractivity contribution in [1.29, 1.82) is 0 Å². The second kappa shape index (κ2) is 6.34. The van der Waals surface area contributed by atoms with Gasteiger partial charge >= 0.3 is 0 Å². The Hall–Kier alpha value is -1.76. The lowest BCUT2D eigenvalue weighted by atomic mass is 9.73. The molecular formula is C14H20N4O2S. The fourth-order valence-corrected chi connectivity index (χ4v) is 2.96. The lowest BCUT2D eigenvalue weighted by molar-refractivity contribution is -0.123. The largest absolute Gasteiger partial charge is 0.481 e. The molecule has 1 aromatic heterocycles. The summed E-state index contributed by atoms with van der Waals surface area (Å²) in [6, 6.07) is 1.69. The number of nitrogens with two attached hydrogens (primary N) is 1. The summed E-state index contributed by atoms with van der Waals surface area (Å²) in [5.41, 5.74) is 5.78. The molecule has 0 unspecified atom stereocenters. The number of hydrogen-bond donors (Lipinski definition) is 2. The molecule has 0 radical (unpaired) electrons. The zero-order valence-corrected chi connectivity index (χ0v) is 13.1. The van der Waals surface area contributed by atoms with Gasteiger partial charge in [0, 0.05) is 11.8 Å². The third-order valence-corrected chi connectivity index (χ3v) is 4.27. The second-order valence-electron chi connectivity index (χ2n) is 5.34. The summed E-state index contributed by atoms with van der Waals surface area (Å²) in [4.78, 5) is 21.2. The van der Waals surface area contributed by atoms with Gasteiger partial charge in [0.15, 0.2) is 0 Å². The van der Waals surface area contributed by atoms with Crippen LogP contribution in [0, 0.1) is 12.3 Å². The smallest absolute Gasteiger partial charge is 0.239 e. The van der Waals surface area contributed by atoms with Crippen LogP contribution in [0.4, 0.5) is 5.95 Å². The van der Waals surface area contributed by atoms with Gasteiger partial charge in [0.05, 0.1) is 17.5 Å². The predicted octanol–water partition coefficient (Wildman–Crippen LogP) is 1.97. The fourth-order valence-electron chi connectivity index (χ4n) is 2.66. The van der Waals surface area contributed by atoms with Crippen LogP contribution in [0.3, 0.4) is 0 Å². The minimum absolute atomic E-state index is 0.220. The van der Waals surface area contributed by atoms with E-state index in [-0.39, 0.29) is 16.8 Å². The molecule has 0 saturated heterocycles. The molecule has 1 saturated carbocycles. The summed E-state index contributed by atoms with van der Waals surface area (Å²) < 4.78 is 5.08. The van der Waals surface area contributed by atoms with Crippen LogP contribution in [0.5, 0.6) is 5.88 Å². The van der Waals surface area contributed by atoms with Crippen LogP contribution in [0.1, 0.15) is 37.8 Å². The number of methoxy groups -OCH3 is 1. The molecule has 0 atom stereocenters. The summed E-state index contributed by atoms with van der Waals surface area (Å²) in [5.74, 6) is 0.409. The molecule has 0 bridgehead atoms. The zero-order chi connectivity index (χ0) is 15.5. The van der Waals surface area contributed by atoms with E-state index in [1.165, 1.54) is 7.11 Å². The summed E-state index contributed by atoms with van der Waals surface area (Å²) in [7, 11) is 1.52. The van der Waals surface area contributed by atoms with Crippen LogP contribution in [-0.4, -0.2) is 28.0 Å². The van der Waals surface area contributed by atoms with Crippen molar-refractivity contribution in [2.24, 2.45) is 11.1 Å². The van der Waals surface area contributed by atoms with Crippen LogP contribution in [-0.2, 0) is 4.79 Å². The molecule has 1 fully saturated rings. The number of anilines is 1. The van der Waals surface area contributed by atoms with Crippen molar-refractivity contribution in [1.82, 2.24) is 9.97 Å². The van der Waals surface area contributed by atoms with Gasteiger partial charge in [0.25, 0.3) is 0 Å². The normalized spacial score (nSPS) is 17.0. The van der Waals surface area contributed by atoms with Gasteiger partial charge in [0.2, 0.25) is 17.7 Å². The van der Waals surface area contributed by atoms with E-state index in [9.17, 15) is 4.79 Å². The third kappa shape index (κ3) is 3.29. The van der Waals surface area contributed by atoms with Gasteiger partial charge in [-0.25, -0.2) is 4.98 Å². The molecule has 1 amide bonds. The molecule has 3 N–H and O–H groups in total. The van der Waals surface area contributed by atoms with Crippen molar-refractivity contribution in [3.63, 3.8) is 0 Å². The Morgan fingerprint density at radius 3 is 2.62 bits per heavy atom. The average molecular weight is 308 g/mol. The summed E-state index contributed by atoms with van der Waals surface area (Å²) >= 11 is 5.15. The molecule has 7 heteroatoms. The first-order chi connectivity index (χ1) is 9.98. The Balaban J connectivity index is 2.23. The van der Waals surface area contributed by atoms with Gasteiger partial charge in [-0.05, 0) is 19.8 Å². The highest BCUT2D eigenvalue weighted by Gasteiger charge is 2.42. The topological polar surface area (TPSA) is 90.1 Å². The molecule has 1 aromatic rings. The standard InChI is InChI=1S/C14H20N4O2S/c1-9-8-10(20-2)17-13(16-9)18-12(19)14(11(15)21)6-4-3-5-7-14/h8H,3-7H2,1-2H3,(H2,15,21)(H,16,17,18,19). The number of carbonyl (C=O) groups is 1. The minimum atomic E-state index is -0.784. The van der Waals surface area contributed by atoms with Crippen molar-refractivity contribution >= 4 is 29.1 Å². The SMILES string of the molecule is COc1cc(C)nc(NC(=O)C2(C(N)=S)CCCCC2)n1. The number of ether oxygens (including phenoxy) is 1. The molecule has 21 heavy (non-hydrogen) atoms. The quantitative estimate of drug-likeness (QED) is 0.827. The molecule has 0 aromatic carbocycles. The van der Waals surface area contributed by atoms with Crippen LogP contribution in [0.2, 0.25) is 0 Å². The molecule has 0 aliphatic heterocycles. The third-order valence-electron chi connectivity index (χ3n) is 3.88. The molecule has 114 valence electrons. The van der Waals surface area contributed by atoms with Crippen molar-refractivity contribution in [2.75, 3.05) is 12.4 Å². The lowest BCUT2D eigenvalue weighted by Crippen LogP contribution is -2.47. The molecule has 1 heterocycles. The van der Waals surface area contributed by atoms with E-state index in [0.717, 1.165) is 19.3 Å². The van der Waals surface area contributed by atoms with Crippen LogP contribution >= 0.6 is 12.2 Å². The Labute approximate surface area is 129 Å². The minimum Gasteiger partial charge on any atom is -0.481 e. The van der Waals surface area contributed by atoms with E-state index < -0.39 is 5.41 Å². The van der Waals surface area contributed by atoms with Gasteiger partial charge in [-0.3, -0.25) is 10.1 Å². The van der Waals surface area contributed by atoms with Crippen LogP contribution in [0.25, 0.3) is 0 Å². The molecule has 0 spiro atoms. The number of aromatic nitrogens is 2. The number of nitrogens with one attached hydrogen (secondary N) is 1.